The molecular formula is C21H28N2O2. The van der Waals surface area contributed by atoms with E-state index in [1.54, 1.807) is 0 Å². The van der Waals surface area contributed by atoms with Crippen LogP contribution in [0.15, 0.2) is 36.4 Å². The zero-order valence-electron chi connectivity index (χ0n) is 15.8. The van der Waals surface area contributed by atoms with E-state index in [4.69, 9.17) is 4.74 Å². The zero-order valence-corrected chi connectivity index (χ0v) is 15.8. The van der Waals surface area contributed by atoms with Crippen molar-refractivity contribution < 1.29 is 9.53 Å². The summed E-state index contributed by atoms with van der Waals surface area (Å²) in [5.41, 5.74) is 5.40. The van der Waals surface area contributed by atoms with E-state index in [1.807, 2.05) is 44.2 Å². The smallest absolute Gasteiger partial charge is 0.262 e. The molecule has 4 heteroatoms. The molecule has 2 aromatic rings. The van der Waals surface area contributed by atoms with Gasteiger partial charge in [-0.1, -0.05) is 6.07 Å². The van der Waals surface area contributed by atoms with Crippen LogP contribution in [0.2, 0.25) is 0 Å². The first-order valence-corrected chi connectivity index (χ1v) is 8.80. The molecule has 0 aliphatic rings. The molecule has 1 N–H and O–H groups in total. The van der Waals surface area contributed by atoms with Crippen molar-refractivity contribution >= 4 is 17.3 Å². The van der Waals surface area contributed by atoms with Gasteiger partial charge in [-0.05, 0) is 81.6 Å². The Kier molecular flexibility index (Phi) is 6.45. The lowest BCUT2D eigenvalue weighted by Gasteiger charge is -2.22. The van der Waals surface area contributed by atoms with Crippen LogP contribution in [-0.4, -0.2) is 25.6 Å². The summed E-state index contributed by atoms with van der Waals surface area (Å²) in [7, 11) is 0. The highest BCUT2D eigenvalue weighted by Gasteiger charge is 2.09. The number of anilines is 2. The molecule has 2 rings (SSSR count). The molecule has 0 fully saturated rings. The molecule has 0 unspecified atom stereocenters. The number of nitrogens with zero attached hydrogens (tertiary/aromatic N) is 1. The number of hydrogen-bond donors (Lipinski definition) is 1. The van der Waals surface area contributed by atoms with Crippen molar-refractivity contribution in [3.05, 3.63) is 53.1 Å². The van der Waals surface area contributed by atoms with Crippen molar-refractivity contribution in [2.45, 2.75) is 34.6 Å². The molecule has 0 aromatic heterocycles. The first kappa shape index (κ1) is 18.8. The number of aryl methyl sites for hydroxylation is 3. The highest BCUT2D eigenvalue weighted by molar-refractivity contribution is 5.92. The molecule has 1 amide bonds. The minimum atomic E-state index is -0.156. The Balaban J connectivity index is 1.97. The lowest BCUT2D eigenvalue weighted by Crippen LogP contribution is -2.23. The van der Waals surface area contributed by atoms with E-state index in [1.165, 1.54) is 11.3 Å². The lowest BCUT2D eigenvalue weighted by molar-refractivity contribution is -0.118. The summed E-state index contributed by atoms with van der Waals surface area (Å²) < 4.78 is 5.59. The van der Waals surface area contributed by atoms with E-state index in [9.17, 15) is 4.79 Å². The van der Waals surface area contributed by atoms with Gasteiger partial charge in [-0.25, -0.2) is 0 Å². The monoisotopic (exact) mass is 340 g/mol. The van der Waals surface area contributed by atoms with Gasteiger partial charge >= 0.3 is 0 Å². The Morgan fingerprint density at radius 2 is 1.68 bits per heavy atom. The lowest BCUT2D eigenvalue weighted by atomic mass is 10.1. The fourth-order valence-electron chi connectivity index (χ4n) is 2.71. The van der Waals surface area contributed by atoms with Crippen LogP contribution < -0.4 is 15.0 Å². The molecule has 25 heavy (non-hydrogen) atoms. The van der Waals surface area contributed by atoms with Gasteiger partial charge < -0.3 is 15.0 Å². The molecule has 0 atom stereocenters. The summed E-state index contributed by atoms with van der Waals surface area (Å²) in [6, 6.07) is 11.9. The second kappa shape index (κ2) is 8.56. The molecule has 2 aromatic carbocycles. The number of benzene rings is 2. The van der Waals surface area contributed by atoms with Crippen molar-refractivity contribution in [3.63, 3.8) is 0 Å². The maximum absolute atomic E-state index is 12.2. The Hall–Kier alpha value is -2.49. The topological polar surface area (TPSA) is 41.6 Å². The minimum absolute atomic E-state index is 0.000261. The van der Waals surface area contributed by atoms with Crippen LogP contribution in [0.25, 0.3) is 0 Å². The zero-order chi connectivity index (χ0) is 18.4. The van der Waals surface area contributed by atoms with Gasteiger partial charge in [0.2, 0.25) is 0 Å². The molecule has 0 radical (unpaired) electrons. The van der Waals surface area contributed by atoms with Crippen LogP contribution in [0.3, 0.4) is 0 Å². The second-order valence-corrected chi connectivity index (χ2v) is 6.25. The SMILES string of the molecule is CCN(CC)c1ccc(NC(=O)COc2ccc(C)c(C)c2)c(C)c1. The summed E-state index contributed by atoms with van der Waals surface area (Å²) in [5.74, 6) is 0.559. The molecule has 0 aliphatic carbocycles. The van der Waals surface area contributed by atoms with Gasteiger partial charge in [0.25, 0.3) is 5.91 Å². The summed E-state index contributed by atoms with van der Waals surface area (Å²) in [4.78, 5) is 14.5. The minimum Gasteiger partial charge on any atom is -0.484 e. The fraction of sp³-hybridized carbons (Fsp3) is 0.381. The summed E-state index contributed by atoms with van der Waals surface area (Å²) in [6.45, 7) is 12.3. The van der Waals surface area contributed by atoms with Crippen molar-refractivity contribution in [3.8, 4) is 5.75 Å². The van der Waals surface area contributed by atoms with Gasteiger partial charge in [0.1, 0.15) is 5.75 Å². The summed E-state index contributed by atoms with van der Waals surface area (Å²) in [5, 5.41) is 2.93. The van der Waals surface area contributed by atoms with Crippen LogP contribution >= 0.6 is 0 Å². The number of hydrogen-bond acceptors (Lipinski definition) is 3. The average molecular weight is 340 g/mol. The standard InChI is InChI=1S/C21H28N2O2/c1-6-23(7-2)18-9-11-20(17(5)12-18)22-21(24)14-25-19-10-8-15(3)16(4)13-19/h8-13H,6-7,14H2,1-5H3,(H,22,24). The van der Waals surface area contributed by atoms with Crippen LogP contribution in [0, 0.1) is 20.8 Å². The van der Waals surface area contributed by atoms with Crippen LogP contribution in [0.1, 0.15) is 30.5 Å². The van der Waals surface area contributed by atoms with Gasteiger partial charge in [-0.2, -0.15) is 0 Å². The third-order valence-electron chi connectivity index (χ3n) is 4.46. The highest BCUT2D eigenvalue weighted by atomic mass is 16.5. The van der Waals surface area contributed by atoms with Gasteiger partial charge in [0.05, 0.1) is 0 Å². The molecule has 134 valence electrons. The van der Waals surface area contributed by atoms with Crippen LogP contribution in [-0.2, 0) is 4.79 Å². The molecule has 4 nitrogen and oxygen atoms in total. The third kappa shape index (κ3) is 4.99. The molecule has 0 spiro atoms. The van der Waals surface area contributed by atoms with E-state index in [0.29, 0.717) is 5.75 Å². The molecule has 0 saturated heterocycles. The van der Waals surface area contributed by atoms with Gasteiger partial charge in [0.15, 0.2) is 6.61 Å². The number of amides is 1. The van der Waals surface area contributed by atoms with Crippen molar-refractivity contribution in [1.29, 1.82) is 0 Å². The van der Waals surface area contributed by atoms with E-state index in [-0.39, 0.29) is 12.5 Å². The summed E-state index contributed by atoms with van der Waals surface area (Å²) >= 11 is 0. The normalized spacial score (nSPS) is 10.4. The first-order chi connectivity index (χ1) is 11.9. The number of carbonyl (C=O) groups excluding carboxylic acids is 1. The average Bonchev–Trinajstić information content (AvgIpc) is 2.59. The van der Waals surface area contributed by atoms with Gasteiger partial charge in [0, 0.05) is 24.5 Å². The molecule has 0 saturated carbocycles. The van der Waals surface area contributed by atoms with Crippen molar-refractivity contribution in [2.24, 2.45) is 0 Å². The Bertz CT molecular complexity index is 737. The molecule has 0 heterocycles. The van der Waals surface area contributed by atoms with Crippen molar-refractivity contribution in [2.75, 3.05) is 29.9 Å². The molecule has 0 aliphatic heterocycles. The van der Waals surface area contributed by atoms with Gasteiger partial charge in [-0.3, -0.25) is 4.79 Å². The fourth-order valence-corrected chi connectivity index (χ4v) is 2.71. The number of nitrogens with one attached hydrogen (secondary N) is 1. The first-order valence-electron chi connectivity index (χ1n) is 8.80. The van der Waals surface area contributed by atoms with Crippen molar-refractivity contribution in [1.82, 2.24) is 0 Å². The quantitative estimate of drug-likeness (QED) is 0.808. The number of ether oxygens (including phenoxy) is 1. The third-order valence-corrected chi connectivity index (χ3v) is 4.46. The largest absolute Gasteiger partial charge is 0.484 e. The predicted octanol–water partition coefficient (Wildman–Crippen LogP) is 4.48. The maximum atomic E-state index is 12.2. The molecule has 0 bridgehead atoms. The Labute approximate surface area is 150 Å². The van der Waals surface area contributed by atoms with E-state index < -0.39 is 0 Å². The Morgan fingerprint density at radius 3 is 2.28 bits per heavy atom. The van der Waals surface area contributed by atoms with Gasteiger partial charge in [-0.15, -0.1) is 0 Å². The maximum Gasteiger partial charge on any atom is 0.262 e. The van der Waals surface area contributed by atoms with Crippen LogP contribution in [0.5, 0.6) is 5.75 Å². The second-order valence-electron chi connectivity index (χ2n) is 6.25. The number of rotatable bonds is 7. The predicted molar refractivity (Wildman–Crippen MR) is 105 cm³/mol. The van der Waals surface area contributed by atoms with E-state index >= 15 is 0 Å². The Morgan fingerprint density at radius 1 is 0.960 bits per heavy atom. The summed E-state index contributed by atoms with van der Waals surface area (Å²) in [6.07, 6.45) is 0. The number of carbonyl (C=O) groups is 1. The molecular weight excluding hydrogens is 312 g/mol. The highest BCUT2D eigenvalue weighted by Crippen LogP contribution is 2.23. The van der Waals surface area contributed by atoms with Crippen LogP contribution in [0.4, 0.5) is 11.4 Å². The van der Waals surface area contributed by atoms with E-state index in [2.05, 4.69) is 37.1 Å². The van der Waals surface area contributed by atoms with E-state index in [0.717, 1.165) is 29.9 Å².